The lowest BCUT2D eigenvalue weighted by Crippen LogP contribution is -3.13. The average Bonchev–Trinajstić information content (AvgIpc) is 2.55. The van der Waals surface area contributed by atoms with E-state index in [1.165, 1.54) is 24.2 Å². The van der Waals surface area contributed by atoms with Crippen molar-refractivity contribution in [3.05, 3.63) is 23.3 Å². The van der Waals surface area contributed by atoms with Crippen molar-refractivity contribution in [1.82, 2.24) is 4.90 Å². The van der Waals surface area contributed by atoms with Crippen LogP contribution in [0.25, 0.3) is 0 Å². The summed E-state index contributed by atoms with van der Waals surface area (Å²) in [5, 5.41) is 9.94. The minimum atomic E-state index is 0.0324. The minimum Gasteiger partial charge on any atom is -0.504 e. The lowest BCUT2D eigenvalue weighted by Gasteiger charge is -2.36. The van der Waals surface area contributed by atoms with Crippen LogP contribution >= 0.6 is 0 Å². The van der Waals surface area contributed by atoms with E-state index < -0.39 is 0 Å². The molecule has 1 atom stereocenters. The second-order valence-electron chi connectivity index (χ2n) is 6.72. The number of nitrogens with one attached hydrogen (secondary N) is 1. The molecule has 1 saturated heterocycles. The molecule has 126 valence electrons. The van der Waals surface area contributed by atoms with E-state index in [2.05, 4.69) is 6.92 Å². The van der Waals surface area contributed by atoms with Crippen LogP contribution in [-0.2, 0) is 11.2 Å². The molecule has 2 aliphatic heterocycles. The smallest absolute Gasteiger partial charge is 0.278 e. The molecular weight excluding hydrogens is 292 g/mol. The van der Waals surface area contributed by atoms with Gasteiger partial charge in [-0.15, -0.1) is 0 Å². The molecule has 0 bridgehead atoms. The largest absolute Gasteiger partial charge is 0.504 e. The summed E-state index contributed by atoms with van der Waals surface area (Å²) in [6, 6.07) is 3.69. The number of piperidine rings is 1. The number of amides is 1. The van der Waals surface area contributed by atoms with Gasteiger partial charge in [0.1, 0.15) is 0 Å². The summed E-state index contributed by atoms with van der Waals surface area (Å²) in [6.07, 6.45) is 4.56. The zero-order valence-electron chi connectivity index (χ0n) is 14.1. The molecule has 1 aromatic carbocycles. The molecule has 5 heteroatoms. The topological polar surface area (TPSA) is 54.2 Å². The van der Waals surface area contributed by atoms with Crippen LogP contribution in [-0.4, -0.2) is 49.2 Å². The molecule has 2 heterocycles. The summed E-state index contributed by atoms with van der Waals surface area (Å²) in [5.74, 6) is 0.898. The summed E-state index contributed by atoms with van der Waals surface area (Å²) < 4.78 is 5.22. The number of phenols is 1. The molecule has 1 fully saturated rings. The molecule has 0 spiro atoms. The van der Waals surface area contributed by atoms with Crippen molar-refractivity contribution in [2.45, 2.75) is 38.6 Å². The van der Waals surface area contributed by atoms with Crippen LogP contribution in [0, 0.1) is 0 Å². The van der Waals surface area contributed by atoms with Crippen LogP contribution in [0.5, 0.6) is 11.5 Å². The number of hydrogen-bond donors (Lipinski definition) is 2. The lowest BCUT2D eigenvalue weighted by atomic mass is 9.92. The summed E-state index contributed by atoms with van der Waals surface area (Å²) in [5.41, 5.74) is 2.21. The van der Waals surface area contributed by atoms with Gasteiger partial charge in [0.2, 0.25) is 0 Å². The first-order valence-corrected chi connectivity index (χ1v) is 8.63. The highest BCUT2D eigenvalue weighted by molar-refractivity contribution is 5.78. The number of nitrogens with zero attached hydrogens (tertiary/aromatic N) is 1. The van der Waals surface area contributed by atoms with Crippen LogP contribution in [0.3, 0.4) is 0 Å². The van der Waals surface area contributed by atoms with Gasteiger partial charge in [-0.2, -0.15) is 0 Å². The Kier molecular flexibility index (Phi) is 4.76. The first kappa shape index (κ1) is 16.1. The molecule has 23 heavy (non-hydrogen) atoms. The Morgan fingerprint density at radius 1 is 1.35 bits per heavy atom. The van der Waals surface area contributed by atoms with E-state index in [1.807, 2.05) is 11.0 Å². The molecule has 2 aliphatic rings. The molecule has 1 aromatic rings. The highest BCUT2D eigenvalue weighted by Gasteiger charge is 2.31. The van der Waals surface area contributed by atoms with Crippen molar-refractivity contribution >= 4 is 5.91 Å². The van der Waals surface area contributed by atoms with Crippen LogP contribution < -0.4 is 9.64 Å². The maximum absolute atomic E-state index is 12.7. The number of hydrogen-bond acceptors (Lipinski definition) is 3. The maximum atomic E-state index is 12.7. The van der Waals surface area contributed by atoms with Gasteiger partial charge in [-0.1, -0.05) is 0 Å². The molecule has 0 aromatic heterocycles. The number of carbonyl (C=O) groups excluding carboxylic acids is 1. The van der Waals surface area contributed by atoms with Gasteiger partial charge in [0.15, 0.2) is 18.0 Å². The van der Waals surface area contributed by atoms with Crippen LogP contribution in [0.1, 0.15) is 43.4 Å². The van der Waals surface area contributed by atoms with Gasteiger partial charge < -0.3 is 19.6 Å². The van der Waals surface area contributed by atoms with Crippen LogP contribution in [0.15, 0.2) is 12.1 Å². The molecule has 2 N–H and O–H groups in total. The number of ether oxygens (including phenoxy) is 1. The molecular formula is C18H27N2O3+. The molecule has 3 rings (SSSR count). The van der Waals surface area contributed by atoms with Crippen molar-refractivity contribution in [1.29, 1.82) is 0 Å². The quantitative estimate of drug-likeness (QED) is 0.871. The highest BCUT2D eigenvalue weighted by Crippen LogP contribution is 2.37. The van der Waals surface area contributed by atoms with E-state index in [-0.39, 0.29) is 17.7 Å². The Labute approximate surface area is 137 Å². The highest BCUT2D eigenvalue weighted by atomic mass is 16.5. The molecule has 1 amide bonds. The second kappa shape index (κ2) is 6.79. The predicted molar refractivity (Wildman–Crippen MR) is 87.9 cm³/mol. The lowest BCUT2D eigenvalue weighted by molar-refractivity contribution is -0.897. The van der Waals surface area contributed by atoms with Gasteiger partial charge in [0.25, 0.3) is 5.91 Å². The summed E-state index contributed by atoms with van der Waals surface area (Å²) in [4.78, 5) is 16.1. The fourth-order valence-corrected chi connectivity index (χ4v) is 3.88. The standard InChI is InChI=1S/C18H26N2O3/c1-13-15-11-17(23-2)16(21)10-14(15)6-9-20(13)18(22)12-19-7-4-3-5-8-19/h10-11,13,21H,3-9,12H2,1-2H3/p+1/t13-/m1/s1. The van der Waals surface area contributed by atoms with E-state index in [4.69, 9.17) is 4.74 Å². The van der Waals surface area contributed by atoms with Crippen LogP contribution in [0.2, 0.25) is 0 Å². The monoisotopic (exact) mass is 319 g/mol. The van der Waals surface area contributed by atoms with E-state index in [9.17, 15) is 9.90 Å². The molecule has 0 saturated carbocycles. The number of methoxy groups -OCH3 is 1. The number of phenolic OH excluding ortho intramolecular Hbond substituents is 1. The van der Waals surface area contributed by atoms with Gasteiger partial charge in [-0.3, -0.25) is 4.79 Å². The Morgan fingerprint density at radius 2 is 2.09 bits per heavy atom. The first-order valence-electron chi connectivity index (χ1n) is 8.63. The average molecular weight is 319 g/mol. The van der Waals surface area contributed by atoms with Crippen LogP contribution in [0.4, 0.5) is 0 Å². The number of fused-ring (bicyclic) bond motifs is 1. The molecule has 5 nitrogen and oxygen atoms in total. The van der Waals surface area contributed by atoms with Crippen molar-refractivity contribution in [2.24, 2.45) is 0 Å². The van der Waals surface area contributed by atoms with Gasteiger partial charge in [-0.05, 0) is 55.9 Å². The summed E-state index contributed by atoms with van der Waals surface area (Å²) >= 11 is 0. The van der Waals surface area contributed by atoms with Gasteiger partial charge in [-0.25, -0.2) is 0 Å². The number of rotatable bonds is 3. The zero-order chi connectivity index (χ0) is 16.4. The SMILES string of the molecule is COc1cc2c(cc1O)CCN(C(=O)C[NH+]1CCCCC1)[C@@H]2C. The fourth-order valence-electron chi connectivity index (χ4n) is 3.88. The molecule has 0 aliphatic carbocycles. The van der Waals surface area contributed by atoms with E-state index >= 15 is 0 Å². The zero-order valence-corrected chi connectivity index (χ0v) is 14.1. The van der Waals surface area contributed by atoms with Crippen molar-refractivity contribution in [3.8, 4) is 11.5 Å². The normalized spacial score (nSPS) is 21.8. The van der Waals surface area contributed by atoms with Gasteiger partial charge >= 0.3 is 0 Å². The Bertz CT molecular complexity index is 582. The molecule has 0 radical (unpaired) electrons. The number of benzene rings is 1. The van der Waals surface area contributed by atoms with Crippen molar-refractivity contribution in [2.75, 3.05) is 33.3 Å². The van der Waals surface area contributed by atoms with Crippen molar-refractivity contribution in [3.63, 3.8) is 0 Å². The maximum Gasteiger partial charge on any atom is 0.278 e. The Hall–Kier alpha value is -1.75. The van der Waals surface area contributed by atoms with Gasteiger partial charge in [0.05, 0.1) is 26.2 Å². The number of carbonyl (C=O) groups is 1. The third-order valence-electron chi connectivity index (χ3n) is 5.26. The summed E-state index contributed by atoms with van der Waals surface area (Å²) in [6.45, 7) is 5.64. The summed E-state index contributed by atoms with van der Waals surface area (Å²) in [7, 11) is 1.55. The van der Waals surface area contributed by atoms with E-state index in [1.54, 1.807) is 13.2 Å². The number of quaternary nitrogens is 1. The van der Waals surface area contributed by atoms with E-state index in [0.717, 1.165) is 37.2 Å². The van der Waals surface area contributed by atoms with E-state index in [0.29, 0.717) is 12.3 Å². The van der Waals surface area contributed by atoms with Gasteiger partial charge in [0, 0.05) is 6.54 Å². The first-order chi connectivity index (χ1) is 11.1. The Balaban J connectivity index is 1.74. The third kappa shape index (κ3) is 3.29. The number of aromatic hydroxyl groups is 1. The second-order valence-corrected chi connectivity index (χ2v) is 6.72. The molecule has 0 unspecified atom stereocenters. The Morgan fingerprint density at radius 3 is 2.78 bits per heavy atom. The predicted octanol–water partition coefficient (Wildman–Crippen LogP) is 0.915. The third-order valence-corrected chi connectivity index (χ3v) is 5.26. The minimum absolute atomic E-state index is 0.0324. The van der Waals surface area contributed by atoms with Crippen molar-refractivity contribution < 1.29 is 19.5 Å². The number of likely N-dealkylation sites (tertiary alicyclic amines) is 1. The fraction of sp³-hybridized carbons (Fsp3) is 0.611.